The van der Waals surface area contributed by atoms with Gasteiger partial charge in [0.05, 0.1) is 46.4 Å². The van der Waals surface area contributed by atoms with E-state index < -0.39 is 6.04 Å². The van der Waals surface area contributed by atoms with Gasteiger partial charge in [-0.25, -0.2) is 9.67 Å². The summed E-state index contributed by atoms with van der Waals surface area (Å²) < 4.78 is 3.08. The average Bonchev–Trinajstić information content (AvgIpc) is 3.41. The van der Waals surface area contributed by atoms with Crippen molar-refractivity contribution in [3.8, 4) is 28.1 Å². The summed E-state index contributed by atoms with van der Waals surface area (Å²) in [5.41, 5.74) is 4.16. The Bertz CT molecular complexity index is 1870. The van der Waals surface area contributed by atoms with Gasteiger partial charge in [0.2, 0.25) is 5.91 Å². The maximum absolute atomic E-state index is 13.7. The van der Waals surface area contributed by atoms with Gasteiger partial charge in [-0.3, -0.25) is 19.1 Å². The first-order valence-electron chi connectivity index (χ1n) is 13.3. The molecule has 212 valence electrons. The standard InChI is InChI=1S/C30H24Cl3N7O2/c1-17-4-2-7-26(24-12-18(10-11-34-24)29-21(32)5-3-6-22(29)36-30(17)42)39-16-35-23(14-28(39)41)20-13-19(31)8-9-25(20)40-15-27(33)37-38-40/h3,5-6,8-17,26H,2,4,7H2,1H3,(H,36,42). The van der Waals surface area contributed by atoms with E-state index in [0.717, 1.165) is 5.56 Å². The Morgan fingerprint density at radius 3 is 2.62 bits per heavy atom. The highest BCUT2D eigenvalue weighted by Gasteiger charge is 2.23. The number of pyridine rings is 1. The van der Waals surface area contributed by atoms with E-state index in [0.29, 0.717) is 63.2 Å². The van der Waals surface area contributed by atoms with Gasteiger partial charge in [-0.2, -0.15) is 0 Å². The molecule has 0 fully saturated rings. The zero-order valence-corrected chi connectivity index (χ0v) is 24.6. The number of rotatable bonds is 3. The first-order chi connectivity index (χ1) is 20.3. The minimum Gasteiger partial charge on any atom is -0.325 e. The molecule has 2 aromatic carbocycles. The van der Waals surface area contributed by atoms with E-state index in [9.17, 15) is 9.59 Å². The van der Waals surface area contributed by atoms with Gasteiger partial charge in [0.25, 0.3) is 5.56 Å². The maximum atomic E-state index is 13.7. The van der Waals surface area contributed by atoms with Gasteiger partial charge in [-0.1, -0.05) is 59.4 Å². The van der Waals surface area contributed by atoms with Crippen LogP contribution in [0.2, 0.25) is 15.2 Å². The van der Waals surface area contributed by atoms with Gasteiger partial charge in [-0.05, 0) is 60.9 Å². The van der Waals surface area contributed by atoms with Crippen molar-refractivity contribution in [1.29, 1.82) is 0 Å². The third-order valence-electron chi connectivity index (χ3n) is 7.36. The molecule has 2 unspecified atom stereocenters. The summed E-state index contributed by atoms with van der Waals surface area (Å²) >= 11 is 18.9. The number of amides is 1. The molecule has 42 heavy (non-hydrogen) atoms. The van der Waals surface area contributed by atoms with E-state index in [1.807, 2.05) is 25.1 Å². The first-order valence-corrected chi connectivity index (χ1v) is 14.4. The SMILES string of the molecule is CC1CCCC(n2cnc(-c3cc(Cl)ccc3-n3cc(Cl)nn3)cc2=O)c2cc(ccn2)-c2c(Cl)cccc2NC1=O. The number of nitrogens with one attached hydrogen (secondary N) is 1. The number of nitrogens with zero attached hydrogens (tertiary/aromatic N) is 6. The van der Waals surface area contributed by atoms with Crippen LogP contribution in [0.15, 0.2) is 78.1 Å². The number of fused-ring (bicyclic) bond motifs is 4. The lowest BCUT2D eigenvalue weighted by Gasteiger charge is -2.23. The Morgan fingerprint density at radius 1 is 0.976 bits per heavy atom. The van der Waals surface area contributed by atoms with E-state index in [1.54, 1.807) is 47.3 Å². The molecule has 5 aromatic rings. The highest BCUT2D eigenvalue weighted by Crippen LogP contribution is 2.37. The fourth-order valence-electron chi connectivity index (χ4n) is 5.21. The van der Waals surface area contributed by atoms with Crippen LogP contribution in [0.25, 0.3) is 28.1 Å². The summed E-state index contributed by atoms with van der Waals surface area (Å²) in [5, 5.41) is 12.1. The number of hydrogen-bond acceptors (Lipinski definition) is 6. The van der Waals surface area contributed by atoms with Crippen LogP contribution in [0.3, 0.4) is 0 Å². The summed E-state index contributed by atoms with van der Waals surface area (Å²) in [6.07, 6.45) is 6.67. The maximum Gasteiger partial charge on any atom is 0.254 e. The van der Waals surface area contributed by atoms with E-state index in [1.165, 1.54) is 17.1 Å². The van der Waals surface area contributed by atoms with Crippen molar-refractivity contribution in [2.24, 2.45) is 5.92 Å². The molecule has 0 aliphatic carbocycles. The molecule has 3 aromatic heterocycles. The second-order valence-electron chi connectivity index (χ2n) is 10.1. The van der Waals surface area contributed by atoms with E-state index in [2.05, 4.69) is 25.6 Å². The number of benzene rings is 2. The number of carbonyl (C=O) groups is 1. The fraction of sp³-hybridized carbons (Fsp3) is 0.200. The van der Waals surface area contributed by atoms with Crippen molar-refractivity contribution < 1.29 is 4.79 Å². The molecule has 4 heterocycles. The lowest BCUT2D eigenvalue weighted by Crippen LogP contribution is -2.27. The molecular weight excluding hydrogens is 597 g/mol. The number of anilines is 1. The van der Waals surface area contributed by atoms with Crippen molar-refractivity contribution in [1.82, 2.24) is 29.5 Å². The van der Waals surface area contributed by atoms with Crippen molar-refractivity contribution in [2.75, 3.05) is 5.32 Å². The average molecular weight is 621 g/mol. The van der Waals surface area contributed by atoms with Gasteiger partial charge >= 0.3 is 0 Å². The Balaban J connectivity index is 1.45. The number of halogens is 3. The normalized spacial score (nSPS) is 17.1. The molecule has 12 heteroatoms. The quantitative estimate of drug-likeness (QED) is 0.236. The molecule has 1 aliphatic rings. The van der Waals surface area contributed by atoms with Crippen molar-refractivity contribution in [3.05, 3.63) is 105 Å². The Labute approximate surface area is 256 Å². The van der Waals surface area contributed by atoms with Crippen molar-refractivity contribution in [2.45, 2.75) is 32.2 Å². The third-order valence-corrected chi connectivity index (χ3v) is 8.09. The smallest absolute Gasteiger partial charge is 0.254 e. The van der Waals surface area contributed by atoms with E-state index >= 15 is 0 Å². The van der Waals surface area contributed by atoms with Gasteiger partial charge in [0, 0.05) is 34.3 Å². The summed E-state index contributed by atoms with van der Waals surface area (Å²) in [6.45, 7) is 1.89. The summed E-state index contributed by atoms with van der Waals surface area (Å²) in [7, 11) is 0. The highest BCUT2D eigenvalue weighted by molar-refractivity contribution is 6.34. The second kappa shape index (κ2) is 11.7. The Morgan fingerprint density at radius 2 is 1.83 bits per heavy atom. The van der Waals surface area contributed by atoms with Gasteiger partial charge in [0.15, 0.2) is 5.15 Å². The molecule has 2 bridgehead atoms. The molecule has 0 radical (unpaired) electrons. The van der Waals surface area contributed by atoms with Crippen LogP contribution in [-0.2, 0) is 4.79 Å². The largest absolute Gasteiger partial charge is 0.325 e. The lowest BCUT2D eigenvalue weighted by atomic mass is 9.95. The summed E-state index contributed by atoms with van der Waals surface area (Å²) in [5.74, 6) is -0.328. The second-order valence-corrected chi connectivity index (χ2v) is 11.4. The first kappa shape index (κ1) is 28.1. The topological polar surface area (TPSA) is 108 Å². The molecule has 0 saturated carbocycles. The van der Waals surface area contributed by atoms with Gasteiger partial charge in [0.1, 0.15) is 0 Å². The minimum atomic E-state index is -0.424. The zero-order chi connectivity index (χ0) is 29.4. The van der Waals surface area contributed by atoms with Crippen LogP contribution in [0.5, 0.6) is 0 Å². The van der Waals surface area contributed by atoms with Crippen molar-refractivity contribution >= 4 is 46.4 Å². The van der Waals surface area contributed by atoms with Crippen LogP contribution in [0.4, 0.5) is 5.69 Å². The summed E-state index contributed by atoms with van der Waals surface area (Å²) in [6, 6.07) is 15.4. The molecule has 0 saturated heterocycles. The predicted octanol–water partition coefficient (Wildman–Crippen LogP) is 6.86. The van der Waals surface area contributed by atoms with E-state index in [-0.39, 0.29) is 22.5 Å². The molecule has 9 nitrogen and oxygen atoms in total. The highest BCUT2D eigenvalue weighted by atomic mass is 35.5. The lowest BCUT2D eigenvalue weighted by molar-refractivity contribution is -0.119. The van der Waals surface area contributed by atoms with Crippen LogP contribution < -0.4 is 10.9 Å². The molecule has 1 aliphatic heterocycles. The van der Waals surface area contributed by atoms with Crippen LogP contribution >= 0.6 is 34.8 Å². The molecular formula is C30H24Cl3N7O2. The van der Waals surface area contributed by atoms with Crippen molar-refractivity contribution in [3.63, 3.8) is 0 Å². The van der Waals surface area contributed by atoms with Crippen LogP contribution in [-0.4, -0.2) is 35.4 Å². The predicted molar refractivity (Wildman–Crippen MR) is 163 cm³/mol. The monoisotopic (exact) mass is 619 g/mol. The fourth-order valence-corrected chi connectivity index (χ4v) is 5.79. The van der Waals surface area contributed by atoms with Gasteiger partial charge < -0.3 is 5.32 Å². The number of carbonyl (C=O) groups excluding carboxylic acids is 1. The number of hydrogen-bond donors (Lipinski definition) is 1. The third kappa shape index (κ3) is 5.55. The zero-order valence-electron chi connectivity index (χ0n) is 22.3. The molecule has 0 spiro atoms. The Kier molecular flexibility index (Phi) is 7.81. The van der Waals surface area contributed by atoms with Crippen LogP contribution in [0.1, 0.15) is 37.9 Å². The molecule has 1 N–H and O–H groups in total. The Hall–Kier alpha value is -4.05. The summed E-state index contributed by atoms with van der Waals surface area (Å²) in [4.78, 5) is 36.0. The molecule has 1 amide bonds. The number of aromatic nitrogens is 6. The molecule has 6 rings (SSSR count). The van der Waals surface area contributed by atoms with E-state index in [4.69, 9.17) is 34.8 Å². The molecule has 2 atom stereocenters. The van der Waals surface area contributed by atoms with Gasteiger partial charge in [-0.15, -0.1) is 5.10 Å². The van der Waals surface area contributed by atoms with Crippen LogP contribution in [0, 0.1) is 5.92 Å². The minimum absolute atomic E-state index is 0.0842.